The van der Waals surface area contributed by atoms with Gasteiger partial charge in [-0.3, -0.25) is 0 Å². The highest BCUT2D eigenvalue weighted by Gasteiger charge is 2.13. The monoisotopic (exact) mass is 358 g/mol. The Hall–Kier alpha value is -0.360. The molecule has 0 heterocycles. The largest absolute Gasteiger partial charge is 0.493 e. The first-order valence-corrected chi connectivity index (χ1v) is 6.33. The standard InChI is InChI=1S/C10H10Br2F2O2/c1-15-8-3-6(4-11)2-7(12)10(8)16-5-9(13)14/h2-3,9H,4-5H2,1H3. The van der Waals surface area contributed by atoms with Crippen molar-refractivity contribution in [3.05, 3.63) is 22.2 Å². The Bertz CT molecular complexity index is 359. The maximum Gasteiger partial charge on any atom is 0.272 e. The van der Waals surface area contributed by atoms with Gasteiger partial charge in [0.05, 0.1) is 11.6 Å². The van der Waals surface area contributed by atoms with Gasteiger partial charge in [-0.15, -0.1) is 0 Å². The molecule has 0 unspecified atom stereocenters. The molecule has 0 aliphatic carbocycles. The minimum atomic E-state index is -2.51. The minimum Gasteiger partial charge on any atom is -0.493 e. The number of methoxy groups -OCH3 is 1. The van der Waals surface area contributed by atoms with Crippen molar-refractivity contribution in [1.29, 1.82) is 0 Å². The van der Waals surface area contributed by atoms with E-state index in [1.165, 1.54) is 7.11 Å². The number of ether oxygens (including phenoxy) is 2. The molecule has 0 fully saturated rings. The van der Waals surface area contributed by atoms with Crippen LogP contribution in [0.25, 0.3) is 0 Å². The number of halogens is 4. The molecule has 0 bridgehead atoms. The molecule has 0 spiro atoms. The van der Waals surface area contributed by atoms with Crippen LogP contribution in [0.1, 0.15) is 5.56 Å². The van der Waals surface area contributed by atoms with Crippen molar-refractivity contribution >= 4 is 31.9 Å². The predicted octanol–water partition coefficient (Wildman–Crippen LogP) is 4.00. The fourth-order valence-corrected chi connectivity index (χ4v) is 2.06. The van der Waals surface area contributed by atoms with E-state index in [0.717, 1.165) is 5.56 Å². The van der Waals surface area contributed by atoms with Crippen molar-refractivity contribution in [3.8, 4) is 11.5 Å². The molecule has 0 radical (unpaired) electrons. The van der Waals surface area contributed by atoms with Gasteiger partial charge in [-0.2, -0.15) is 0 Å². The van der Waals surface area contributed by atoms with E-state index >= 15 is 0 Å². The summed E-state index contributed by atoms with van der Waals surface area (Å²) in [6, 6.07) is 3.53. The summed E-state index contributed by atoms with van der Waals surface area (Å²) >= 11 is 6.56. The fraction of sp³-hybridized carbons (Fsp3) is 0.400. The molecule has 90 valence electrons. The second kappa shape index (κ2) is 6.39. The summed E-state index contributed by atoms with van der Waals surface area (Å²) in [4.78, 5) is 0. The lowest BCUT2D eigenvalue weighted by atomic mass is 10.2. The van der Waals surface area contributed by atoms with Crippen LogP contribution in [0, 0.1) is 0 Å². The van der Waals surface area contributed by atoms with Gasteiger partial charge in [0.2, 0.25) is 0 Å². The number of hydrogen-bond acceptors (Lipinski definition) is 2. The van der Waals surface area contributed by atoms with Crippen LogP contribution in [0.2, 0.25) is 0 Å². The van der Waals surface area contributed by atoms with Gasteiger partial charge in [-0.25, -0.2) is 8.78 Å². The summed E-state index contributed by atoms with van der Waals surface area (Å²) in [5.74, 6) is 0.733. The number of alkyl halides is 3. The van der Waals surface area contributed by atoms with E-state index in [0.29, 0.717) is 21.3 Å². The lowest BCUT2D eigenvalue weighted by Gasteiger charge is -2.13. The third-order valence-corrected chi connectivity index (χ3v) is 3.03. The fourth-order valence-electron chi connectivity index (χ4n) is 1.14. The van der Waals surface area contributed by atoms with Gasteiger partial charge in [-0.1, -0.05) is 15.9 Å². The Morgan fingerprint density at radius 1 is 1.38 bits per heavy atom. The Morgan fingerprint density at radius 3 is 2.56 bits per heavy atom. The zero-order valence-corrected chi connectivity index (χ0v) is 11.6. The zero-order chi connectivity index (χ0) is 12.1. The summed E-state index contributed by atoms with van der Waals surface area (Å²) in [7, 11) is 1.47. The highest BCUT2D eigenvalue weighted by atomic mass is 79.9. The highest BCUT2D eigenvalue weighted by Crippen LogP contribution is 2.37. The molecule has 0 saturated carbocycles. The van der Waals surface area contributed by atoms with Crippen molar-refractivity contribution in [2.75, 3.05) is 13.7 Å². The smallest absolute Gasteiger partial charge is 0.272 e. The number of benzene rings is 1. The summed E-state index contributed by atoms with van der Waals surface area (Å²) < 4.78 is 34.8. The van der Waals surface area contributed by atoms with Gasteiger partial charge in [-0.05, 0) is 33.6 Å². The van der Waals surface area contributed by atoms with Crippen LogP contribution in [-0.4, -0.2) is 20.1 Å². The summed E-state index contributed by atoms with van der Waals surface area (Å²) in [6.45, 7) is -0.650. The third kappa shape index (κ3) is 3.59. The van der Waals surface area contributed by atoms with Crippen molar-refractivity contribution in [3.63, 3.8) is 0 Å². The minimum absolute atomic E-state index is 0.299. The van der Waals surface area contributed by atoms with Crippen LogP contribution in [0.4, 0.5) is 8.78 Å². The maximum atomic E-state index is 12.0. The summed E-state index contributed by atoms with van der Waals surface area (Å²) in [5.41, 5.74) is 0.966. The molecule has 1 aromatic rings. The van der Waals surface area contributed by atoms with E-state index in [2.05, 4.69) is 31.9 Å². The molecule has 0 aliphatic heterocycles. The van der Waals surface area contributed by atoms with Gasteiger partial charge in [0.15, 0.2) is 11.5 Å². The molecule has 1 rings (SSSR count). The van der Waals surface area contributed by atoms with E-state index in [4.69, 9.17) is 9.47 Å². The Kier molecular flexibility index (Phi) is 5.48. The molecule has 0 aromatic heterocycles. The first-order chi connectivity index (χ1) is 7.58. The Morgan fingerprint density at radius 2 is 2.06 bits per heavy atom. The van der Waals surface area contributed by atoms with Crippen molar-refractivity contribution in [2.45, 2.75) is 11.8 Å². The second-order valence-electron chi connectivity index (χ2n) is 2.94. The molecule has 0 atom stereocenters. The van der Waals surface area contributed by atoms with E-state index in [-0.39, 0.29) is 0 Å². The van der Waals surface area contributed by atoms with E-state index in [1.54, 1.807) is 12.1 Å². The Balaban J connectivity index is 2.97. The van der Waals surface area contributed by atoms with Crippen molar-refractivity contribution < 1.29 is 18.3 Å². The van der Waals surface area contributed by atoms with Gasteiger partial charge < -0.3 is 9.47 Å². The predicted molar refractivity (Wildman–Crippen MR) is 64.8 cm³/mol. The third-order valence-electron chi connectivity index (χ3n) is 1.80. The molecule has 0 amide bonds. The number of rotatable bonds is 5. The zero-order valence-electron chi connectivity index (χ0n) is 8.47. The summed E-state index contributed by atoms with van der Waals surface area (Å²) in [5, 5.41) is 0.650. The Labute approximate surface area is 109 Å². The van der Waals surface area contributed by atoms with Gasteiger partial charge >= 0.3 is 0 Å². The van der Waals surface area contributed by atoms with Gasteiger partial charge in [0.25, 0.3) is 6.43 Å². The average Bonchev–Trinajstić information content (AvgIpc) is 2.26. The molecular formula is C10H10Br2F2O2. The van der Waals surface area contributed by atoms with E-state index < -0.39 is 13.0 Å². The average molecular weight is 360 g/mol. The SMILES string of the molecule is COc1cc(CBr)cc(Br)c1OCC(F)F. The molecule has 0 aliphatic rings. The lowest BCUT2D eigenvalue weighted by Crippen LogP contribution is -2.08. The van der Waals surface area contributed by atoms with Gasteiger partial charge in [0, 0.05) is 5.33 Å². The van der Waals surface area contributed by atoms with Crippen LogP contribution in [0.5, 0.6) is 11.5 Å². The summed E-state index contributed by atoms with van der Waals surface area (Å²) in [6.07, 6.45) is -2.51. The van der Waals surface area contributed by atoms with E-state index in [9.17, 15) is 8.78 Å². The molecular weight excluding hydrogens is 350 g/mol. The molecule has 0 N–H and O–H groups in total. The molecule has 0 saturated heterocycles. The van der Waals surface area contributed by atoms with Crippen LogP contribution in [0.15, 0.2) is 16.6 Å². The second-order valence-corrected chi connectivity index (χ2v) is 4.36. The van der Waals surface area contributed by atoms with E-state index in [1.807, 2.05) is 0 Å². The van der Waals surface area contributed by atoms with Gasteiger partial charge in [0.1, 0.15) is 6.61 Å². The molecule has 6 heteroatoms. The lowest BCUT2D eigenvalue weighted by molar-refractivity contribution is 0.0800. The van der Waals surface area contributed by atoms with Crippen molar-refractivity contribution in [2.24, 2.45) is 0 Å². The topological polar surface area (TPSA) is 18.5 Å². The van der Waals surface area contributed by atoms with Crippen LogP contribution >= 0.6 is 31.9 Å². The molecule has 1 aromatic carbocycles. The molecule has 2 nitrogen and oxygen atoms in total. The van der Waals surface area contributed by atoms with Crippen LogP contribution in [-0.2, 0) is 5.33 Å². The first-order valence-electron chi connectivity index (χ1n) is 4.41. The molecule has 16 heavy (non-hydrogen) atoms. The quantitative estimate of drug-likeness (QED) is 0.740. The van der Waals surface area contributed by atoms with Crippen molar-refractivity contribution in [1.82, 2.24) is 0 Å². The van der Waals surface area contributed by atoms with Crippen LogP contribution < -0.4 is 9.47 Å². The maximum absolute atomic E-state index is 12.0. The number of hydrogen-bond donors (Lipinski definition) is 0. The normalized spacial score (nSPS) is 10.6. The first kappa shape index (κ1) is 13.7. The van der Waals surface area contributed by atoms with Crippen LogP contribution in [0.3, 0.4) is 0 Å². The highest BCUT2D eigenvalue weighted by molar-refractivity contribution is 9.10.